The van der Waals surface area contributed by atoms with Gasteiger partial charge in [0.05, 0.1) is 23.7 Å². The van der Waals surface area contributed by atoms with Crippen LogP contribution >= 0.6 is 0 Å². The molecule has 0 radical (unpaired) electrons. The van der Waals surface area contributed by atoms with E-state index in [-0.39, 0.29) is 11.9 Å². The van der Waals surface area contributed by atoms with E-state index in [1.54, 1.807) is 0 Å². The highest BCUT2D eigenvalue weighted by Crippen LogP contribution is 2.15. The molecule has 0 bridgehead atoms. The second-order valence-corrected chi connectivity index (χ2v) is 5.03. The molecular weight excluding hydrogens is 255 g/mol. The lowest BCUT2D eigenvalue weighted by Crippen LogP contribution is -2.48. The van der Waals surface area contributed by atoms with Crippen molar-refractivity contribution in [2.45, 2.75) is 19.5 Å². The van der Waals surface area contributed by atoms with Gasteiger partial charge in [-0.3, -0.25) is 9.80 Å². The lowest BCUT2D eigenvalue weighted by atomic mass is 10.1. The highest BCUT2D eigenvalue weighted by Gasteiger charge is 2.21. The van der Waals surface area contributed by atoms with Crippen molar-refractivity contribution in [2.75, 3.05) is 26.2 Å². The van der Waals surface area contributed by atoms with E-state index in [1.165, 1.54) is 18.2 Å². The average molecular weight is 272 g/mol. The summed E-state index contributed by atoms with van der Waals surface area (Å²) in [6, 6.07) is 8.55. The molecule has 20 heavy (non-hydrogen) atoms. The van der Waals surface area contributed by atoms with Gasteiger partial charge in [-0.15, -0.1) is 0 Å². The van der Waals surface area contributed by atoms with Crippen LogP contribution in [-0.4, -0.2) is 42.0 Å². The summed E-state index contributed by atoms with van der Waals surface area (Å²) >= 11 is 0. The van der Waals surface area contributed by atoms with E-state index >= 15 is 0 Å². The first-order chi connectivity index (χ1) is 9.63. The Morgan fingerprint density at radius 1 is 1.25 bits per heavy atom. The predicted octanol–water partition coefficient (Wildman–Crippen LogP) is 1.73. The molecule has 1 atom stereocenters. The molecule has 1 aromatic carbocycles. The van der Waals surface area contributed by atoms with Gasteiger partial charge in [-0.2, -0.15) is 10.5 Å². The molecule has 1 saturated heterocycles. The second-order valence-electron chi connectivity index (χ2n) is 5.03. The fourth-order valence-corrected chi connectivity index (χ4v) is 2.43. The van der Waals surface area contributed by atoms with Gasteiger partial charge in [-0.25, -0.2) is 4.39 Å². The summed E-state index contributed by atoms with van der Waals surface area (Å²) in [6.45, 7) is 5.78. The normalized spacial score (nSPS) is 18.2. The van der Waals surface area contributed by atoms with E-state index in [9.17, 15) is 4.39 Å². The van der Waals surface area contributed by atoms with Crippen molar-refractivity contribution >= 4 is 0 Å². The number of hydrogen-bond acceptors (Lipinski definition) is 4. The molecule has 0 aromatic heterocycles. The molecule has 4 nitrogen and oxygen atoms in total. The number of halogens is 1. The summed E-state index contributed by atoms with van der Waals surface area (Å²) in [5, 5.41) is 18.0. The fourth-order valence-electron chi connectivity index (χ4n) is 2.43. The summed E-state index contributed by atoms with van der Waals surface area (Å²) in [6.07, 6.45) is 0. The van der Waals surface area contributed by atoms with Crippen molar-refractivity contribution in [1.82, 2.24) is 9.80 Å². The molecule has 104 valence electrons. The molecule has 1 aliphatic rings. The molecule has 1 heterocycles. The van der Waals surface area contributed by atoms with Gasteiger partial charge in [-0.1, -0.05) is 0 Å². The van der Waals surface area contributed by atoms with Crippen molar-refractivity contribution in [3.8, 4) is 12.1 Å². The summed E-state index contributed by atoms with van der Waals surface area (Å²) in [5.74, 6) is -0.310. The van der Waals surface area contributed by atoms with Crippen molar-refractivity contribution in [1.29, 1.82) is 10.5 Å². The van der Waals surface area contributed by atoms with Crippen molar-refractivity contribution in [3.05, 3.63) is 35.1 Å². The highest BCUT2D eigenvalue weighted by molar-refractivity contribution is 5.37. The maximum atomic E-state index is 13.3. The van der Waals surface area contributed by atoms with Crippen molar-refractivity contribution in [2.24, 2.45) is 0 Å². The Morgan fingerprint density at radius 2 is 1.95 bits per heavy atom. The van der Waals surface area contributed by atoms with E-state index < -0.39 is 0 Å². The number of nitriles is 2. The SMILES string of the molecule is CC(C#N)N1CCN(Cc2cc(F)ccc2C#N)CC1. The Morgan fingerprint density at radius 3 is 2.55 bits per heavy atom. The van der Waals surface area contributed by atoms with Crippen LogP contribution in [0.25, 0.3) is 0 Å². The minimum absolute atomic E-state index is 0.0685. The van der Waals surface area contributed by atoms with Crippen molar-refractivity contribution < 1.29 is 4.39 Å². The first kappa shape index (κ1) is 14.5. The van der Waals surface area contributed by atoms with Gasteiger partial charge in [0.1, 0.15) is 5.82 Å². The smallest absolute Gasteiger partial charge is 0.123 e. The van der Waals surface area contributed by atoms with Crippen LogP contribution in [0.2, 0.25) is 0 Å². The molecule has 2 rings (SSSR count). The molecule has 0 spiro atoms. The predicted molar refractivity (Wildman–Crippen MR) is 73.0 cm³/mol. The third-order valence-electron chi connectivity index (χ3n) is 3.72. The molecule has 0 aliphatic carbocycles. The maximum absolute atomic E-state index is 13.3. The second kappa shape index (κ2) is 6.47. The van der Waals surface area contributed by atoms with Crippen molar-refractivity contribution in [3.63, 3.8) is 0 Å². The lowest BCUT2D eigenvalue weighted by molar-refractivity contribution is 0.114. The topological polar surface area (TPSA) is 54.1 Å². The lowest BCUT2D eigenvalue weighted by Gasteiger charge is -2.36. The number of rotatable bonds is 3. The monoisotopic (exact) mass is 272 g/mol. The zero-order chi connectivity index (χ0) is 14.5. The molecule has 0 saturated carbocycles. The van der Waals surface area contributed by atoms with Gasteiger partial charge in [0.25, 0.3) is 0 Å². The summed E-state index contributed by atoms with van der Waals surface area (Å²) in [4.78, 5) is 4.32. The first-order valence-electron chi connectivity index (χ1n) is 6.68. The molecule has 5 heteroatoms. The van der Waals surface area contributed by atoms with E-state index in [0.717, 1.165) is 31.7 Å². The first-order valence-corrected chi connectivity index (χ1v) is 6.68. The third-order valence-corrected chi connectivity index (χ3v) is 3.72. The number of hydrogen-bond donors (Lipinski definition) is 0. The van der Waals surface area contributed by atoms with E-state index in [0.29, 0.717) is 12.1 Å². The van der Waals surface area contributed by atoms with Crippen LogP contribution < -0.4 is 0 Å². The highest BCUT2D eigenvalue weighted by atomic mass is 19.1. The zero-order valence-corrected chi connectivity index (χ0v) is 11.5. The van der Waals surface area contributed by atoms with Crippen LogP contribution in [0.1, 0.15) is 18.1 Å². The molecule has 1 unspecified atom stereocenters. The standard InChI is InChI=1S/C15H17FN4/c1-12(9-17)20-6-4-19(5-7-20)11-14-8-15(16)3-2-13(14)10-18/h2-3,8,12H,4-7,11H2,1H3. The fraction of sp³-hybridized carbons (Fsp3) is 0.467. The molecule has 1 fully saturated rings. The minimum atomic E-state index is -0.310. The Hall–Kier alpha value is -1.95. The van der Waals surface area contributed by atoms with Crippen LogP contribution in [0.4, 0.5) is 4.39 Å². The van der Waals surface area contributed by atoms with Gasteiger partial charge in [0.2, 0.25) is 0 Å². The van der Waals surface area contributed by atoms with Crippen LogP contribution in [-0.2, 0) is 6.54 Å². The largest absolute Gasteiger partial charge is 0.296 e. The van der Waals surface area contributed by atoms with E-state index in [4.69, 9.17) is 10.5 Å². The number of benzene rings is 1. The molecule has 1 aromatic rings. The molecular formula is C15H17FN4. The van der Waals surface area contributed by atoms with Crippen LogP contribution in [0.15, 0.2) is 18.2 Å². The molecule has 0 N–H and O–H groups in total. The van der Waals surface area contributed by atoms with Gasteiger partial charge >= 0.3 is 0 Å². The number of nitrogens with zero attached hydrogens (tertiary/aromatic N) is 4. The summed E-state index contributed by atoms with van der Waals surface area (Å²) < 4.78 is 13.3. The van der Waals surface area contributed by atoms with Crippen LogP contribution in [0.3, 0.4) is 0 Å². The van der Waals surface area contributed by atoms with Gasteiger partial charge in [-0.05, 0) is 30.7 Å². The van der Waals surface area contributed by atoms with Crippen LogP contribution in [0.5, 0.6) is 0 Å². The summed E-state index contributed by atoms with van der Waals surface area (Å²) in [7, 11) is 0. The van der Waals surface area contributed by atoms with Gasteiger partial charge in [0.15, 0.2) is 0 Å². The van der Waals surface area contributed by atoms with Gasteiger partial charge < -0.3 is 0 Å². The summed E-state index contributed by atoms with van der Waals surface area (Å²) in [5.41, 5.74) is 1.26. The van der Waals surface area contributed by atoms with Gasteiger partial charge in [0, 0.05) is 32.7 Å². The Balaban J connectivity index is 1.98. The average Bonchev–Trinajstić information content (AvgIpc) is 2.47. The minimum Gasteiger partial charge on any atom is -0.296 e. The number of piperazine rings is 1. The Labute approximate surface area is 118 Å². The van der Waals surface area contributed by atoms with Crippen LogP contribution in [0, 0.1) is 28.5 Å². The van der Waals surface area contributed by atoms with E-state index in [1.807, 2.05) is 6.92 Å². The zero-order valence-electron chi connectivity index (χ0n) is 11.5. The maximum Gasteiger partial charge on any atom is 0.123 e. The quantitative estimate of drug-likeness (QED) is 0.841. The molecule has 0 amide bonds. The molecule has 1 aliphatic heterocycles. The van der Waals surface area contributed by atoms with E-state index in [2.05, 4.69) is 21.9 Å². The Kier molecular flexibility index (Phi) is 4.68. The third kappa shape index (κ3) is 3.33. The Bertz CT molecular complexity index is 550.